The molecule has 0 bridgehead atoms. The second kappa shape index (κ2) is 7.58. The van der Waals surface area contributed by atoms with Gasteiger partial charge in [0.05, 0.1) is 5.69 Å². The maximum Gasteiger partial charge on any atom is 0.272 e. The second-order valence-electron chi connectivity index (χ2n) is 8.08. The molecule has 0 fully saturated rings. The van der Waals surface area contributed by atoms with Crippen molar-refractivity contribution in [2.45, 2.75) is 19.5 Å². The van der Waals surface area contributed by atoms with E-state index >= 15 is 0 Å². The number of hydrogen-bond donors (Lipinski definition) is 2. The standard InChI is InChI=1S/C24H21N7O/c32-23(21-12-17-3-1-7-25-22(17)29-21)27-19-5-4-16-6-10-30(13-18(16)11-19)14-20-15-31-9-2-8-26-24(31)28-20/h1-5,7-9,11-12,15H,6,10,13-14H2,(H,25,29)(H,27,32). The summed E-state index contributed by atoms with van der Waals surface area (Å²) < 4.78 is 1.94. The Hall–Kier alpha value is -4.04. The monoisotopic (exact) mass is 423 g/mol. The van der Waals surface area contributed by atoms with Gasteiger partial charge < -0.3 is 10.3 Å². The highest BCUT2D eigenvalue weighted by molar-refractivity contribution is 6.05. The van der Waals surface area contributed by atoms with Crippen LogP contribution in [0.5, 0.6) is 0 Å². The SMILES string of the molecule is O=C(Nc1ccc2c(c1)CN(Cc1cn3cccnc3n1)CC2)c1cc2cccnc2[nH]1. The summed E-state index contributed by atoms with van der Waals surface area (Å²) in [5, 5.41) is 3.93. The number of anilines is 1. The van der Waals surface area contributed by atoms with Crippen LogP contribution in [0.25, 0.3) is 16.8 Å². The lowest BCUT2D eigenvalue weighted by molar-refractivity contribution is 0.102. The van der Waals surface area contributed by atoms with Gasteiger partial charge in [-0.1, -0.05) is 6.07 Å². The molecule has 0 radical (unpaired) electrons. The Morgan fingerprint density at radius 3 is 2.94 bits per heavy atom. The largest absolute Gasteiger partial charge is 0.335 e. The van der Waals surface area contributed by atoms with E-state index in [1.165, 1.54) is 11.1 Å². The zero-order chi connectivity index (χ0) is 21.5. The molecule has 1 aliphatic heterocycles. The molecule has 5 heterocycles. The number of rotatable bonds is 4. The summed E-state index contributed by atoms with van der Waals surface area (Å²) in [5.41, 5.74) is 5.56. The Labute approximate surface area is 184 Å². The highest BCUT2D eigenvalue weighted by atomic mass is 16.1. The summed E-state index contributed by atoms with van der Waals surface area (Å²) in [6, 6.07) is 13.7. The molecule has 1 amide bonds. The summed E-state index contributed by atoms with van der Waals surface area (Å²) in [5.74, 6) is 0.546. The van der Waals surface area contributed by atoms with Crippen molar-refractivity contribution in [2.24, 2.45) is 0 Å². The van der Waals surface area contributed by atoms with Gasteiger partial charge in [0.2, 0.25) is 5.78 Å². The minimum atomic E-state index is -0.173. The van der Waals surface area contributed by atoms with Crippen LogP contribution in [-0.2, 0) is 19.5 Å². The van der Waals surface area contributed by atoms with Crippen LogP contribution in [0.15, 0.2) is 67.3 Å². The first-order valence-electron chi connectivity index (χ1n) is 10.6. The van der Waals surface area contributed by atoms with E-state index in [2.05, 4.69) is 42.3 Å². The molecule has 5 aromatic rings. The van der Waals surface area contributed by atoms with Gasteiger partial charge in [0.25, 0.3) is 5.91 Å². The van der Waals surface area contributed by atoms with Gasteiger partial charge >= 0.3 is 0 Å². The number of aromatic nitrogens is 5. The van der Waals surface area contributed by atoms with Gasteiger partial charge in [0.1, 0.15) is 11.3 Å². The van der Waals surface area contributed by atoms with Crippen molar-refractivity contribution >= 4 is 28.4 Å². The number of aromatic amines is 1. The fourth-order valence-corrected chi connectivity index (χ4v) is 4.29. The number of pyridine rings is 1. The molecule has 6 rings (SSSR count). The van der Waals surface area contributed by atoms with Gasteiger partial charge in [0, 0.05) is 55.5 Å². The first-order chi connectivity index (χ1) is 15.7. The van der Waals surface area contributed by atoms with Gasteiger partial charge in [-0.15, -0.1) is 0 Å². The molecule has 0 aliphatic carbocycles. The molecule has 8 heteroatoms. The smallest absolute Gasteiger partial charge is 0.272 e. The van der Waals surface area contributed by atoms with E-state index in [0.717, 1.165) is 48.6 Å². The molecule has 0 unspecified atom stereocenters. The third-order valence-corrected chi connectivity index (χ3v) is 5.86. The molecule has 0 atom stereocenters. The minimum Gasteiger partial charge on any atom is -0.335 e. The van der Waals surface area contributed by atoms with Crippen molar-refractivity contribution in [2.75, 3.05) is 11.9 Å². The Balaban J connectivity index is 1.18. The molecule has 0 saturated heterocycles. The number of carbonyl (C=O) groups excluding carboxylic acids is 1. The highest BCUT2D eigenvalue weighted by Gasteiger charge is 2.19. The molecular formula is C24H21N7O. The topological polar surface area (TPSA) is 91.2 Å². The lowest BCUT2D eigenvalue weighted by Crippen LogP contribution is -2.30. The third-order valence-electron chi connectivity index (χ3n) is 5.86. The summed E-state index contributed by atoms with van der Waals surface area (Å²) in [7, 11) is 0. The normalized spacial score (nSPS) is 14.0. The quantitative estimate of drug-likeness (QED) is 0.462. The Kier molecular flexibility index (Phi) is 4.43. The highest BCUT2D eigenvalue weighted by Crippen LogP contribution is 2.24. The minimum absolute atomic E-state index is 0.173. The van der Waals surface area contributed by atoms with Crippen molar-refractivity contribution in [3.8, 4) is 0 Å². The summed E-state index contributed by atoms with van der Waals surface area (Å²) in [6.07, 6.45) is 8.43. The van der Waals surface area contributed by atoms with Gasteiger partial charge in [-0.3, -0.25) is 14.1 Å². The average molecular weight is 423 g/mol. The molecule has 1 aliphatic rings. The Morgan fingerprint density at radius 1 is 1.09 bits per heavy atom. The number of benzene rings is 1. The van der Waals surface area contributed by atoms with Gasteiger partial charge in [-0.25, -0.2) is 15.0 Å². The lowest BCUT2D eigenvalue weighted by atomic mass is 9.99. The summed E-state index contributed by atoms with van der Waals surface area (Å²) in [4.78, 5) is 31.4. The average Bonchev–Trinajstić information content (AvgIpc) is 3.42. The first kappa shape index (κ1) is 18.7. The molecule has 8 nitrogen and oxygen atoms in total. The van der Waals surface area contributed by atoms with Crippen LogP contribution < -0.4 is 5.32 Å². The van der Waals surface area contributed by atoms with Crippen molar-refractivity contribution in [3.05, 3.63) is 89.8 Å². The lowest BCUT2D eigenvalue weighted by Gasteiger charge is -2.28. The van der Waals surface area contributed by atoms with E-state index in [0.29, 0.717) is 11.3 Å². The molecule has 0 spiro atoms. The van der Waals surface area contributed by atoms with Crippen molar-refractivity contribution in [1.82, 2.24) is 29.2 Å². The van der Waals surface area contributed by atoms with Crippen molar-refractivity contribution in [1.29, 1.82) is 0 Å². The van der Waals surface area contributed by atoms with Crippen LogP contribution >= 0.6 is 0 Å². The predicted molar refractivity (Wildman–Crippen MR) is 121 cm³/mol. The van der Waals surface area contributed by atoms with Gasteiger partial charge in [0.15, 0.2) is 0 Å². The summed E-state index contributed by atoms with van der Waals surface area (Å²) >= 11 is 0. The van der Waals surface area contributed by atoms with Crippen LogP contribution in [0.1, 0.15) is 27.3 Å². The van der Waals surface area contributed by atoms with Crippen molar-refractivity contribution in [3.63, 3.8) is 0 Å². The predicted octanol–water partition coefficient (Wildman–Crippen LogP) is 3.42. The van der Waals surface area contributed by atoms with Crippen LogP contribution in [0.3, 0.4) is 0 Å². The number of amides is 1. The second-order valence-corrected chi connectivity index (χ2v) is 8.08. The summed E-state index contributed by atoms with van der Waals surface area (Å²) in [6.45, 7) is 2.56. The van der Waals surface area contributed by atoms with E-state index in [-0.39, 0.29) is 5.91 Å². The molecule has 158 valence electrons. The van der Waals surface area contributed by atoms with Gasteiger partial charge in [-0.2, -0.15) is 0 Å². The number of nitrogens with one attached hydrogen (secondary N) is 2. The number of imidazole rings is 1. The van der Waals surface area contributed by atoms with Gasteiger partial charge in [-0.05, 0) is 53.9 Å². The maximum atomic E-state index is 12.7. The van der Waals surface area contributed by atoms with E-state index < -0.39 is 0 Å². The van der Waals surface area contributed by atoms with E-state index in [4.69, 9.17) is 0 Å². The zero-order valence-corrected chi connectivity index (χ0v) is 17.3. The number of nitrogens with zero attached hydrogens (tertiary/aromatic N) is 5. The van der Waals surface area contributed by atoms with E-state index in [9.17, 15) is 4.79 Å². The van der Waals surface area contributed by atoms with Crippen molar-refractivity contribution < 1.29 is 4.79 Å². The first-order valence-corrected chi connectivity index (χ1v) is 10.6. The van der Waals surface area contributed by atoms with Crippen LogP contribution in [0.4, 0.5) is 5.69 Å². The zero-order valence-electron chi connectivity index (χ0n) is 17.3. The van der Waals surface area contributed by atoms with Crippen LogP contribution in [-0.4, -0.2) is 41.7 Å². The molecule has 2 N–H and O–H groups in total. The van der Waals surface area contributed by atoms with Crippen LogP contribution in [0, 0.1) is 0 Å². The molecule has 1 aromatic carbocycles. The fraction of sp³-hybridized carbons (Fsp3) is 0.167. The number of carbonyl (C=O) groups is 1. The van der Waals surface area contributed by atoms with E-state index in [1.807, 2.05) is 47.1 Å². The number of hydrogen-bond acceptors (Lipinski definition) is 5. The van der Waals surface area contributed by atoms with Crippen LogP contribution in [0.2, 0.25) is 0 Å². The molecule has 32 heavy (non-hydrogen) atoms. The van der Waals surface area contributed by atoms with E-state index in [1.54, 1.807) is 12.4 Å². The molecular weight excluding hydrogens is 402 g/mol. The fourth-order valence-electron chi connectivity index (χ4n) is 4.29. The molecule has 4 aromatic heterocycles. The maximum absolute atomic E-state index is 12.7. The molecule has 0 saturated carbocycles. The third kappa shape index (κ3) is 3.50. The Bertz CT molecular complexity index is 1390. The Morgan fingerprint density at radius 2 is 2.03 bits per heavy atom. The number of H-pyrrole nitrogens is 1. The number of fused-ring (bicyclic) bond motifs is 3.